The highest BCUT2D eigenvalue weighted by molar-refractivity contribution is 7.14. The van der Waals surface area contributed by atoms with Crippen LogP contribution < -0.4 is 4.74 Å². The number of ether oxygens (including phenoxy) is 1. The Kier molecular flexibility index (Phi) is 5.63. The Morgan fingerprint density at radius 2 is 2.00 bits per heavy atom. The van der Waals surface area contributed by atoms with E-state index in [2.05, 4.69) is 24.0 Å². The third-order valence-electron chi connectivity index (χ3n) is 2.80. The highest BCUT2D eigenvalue weighted by Gasteiger charge is 2.06. The van der Waals surface area contributed by atoms with E-state index in [1.165, 1.54) is 6.08 Å². The standard InChI is InChI=1S/C16H18N2O2S/c1-3-5-6-7-15(19)20-13-10-8-12(9-11-13)16-18-17-14(4-2)21-16/h6-11H,3-5H2,1-2H3. The summed E-state index contributed by atoms with van der Waals surface area (Å²) in [7, 11) is 0. The number of benzene rings is 1. The maximum absolute atomic E-state index is 11.6. The monoisotopic (exact) mass is 302 g/mol. The molecule has 1 aromatic heterocycles. The second-order valence-electron chi connectivity index (χ2n) is 4.49. The van der Waals surface area contributed by atoms with Crippen molar-refractivity contribution < 1.29 is 9.53 Å². The van der Waals surface area contributed by atoms with Gasteiger partial charge in [0.15, 0.2) is 0 Å². The summed E-state index contributed by atoms with van der Waals surface area (Å²) in [6.07, 6.45) is 6.07. The zero-order chi connectivity index (χ0) is 15.1. The normalized spacial score (nSPS) is 11.0. The van der Waals surface area contributed by atoms with Gasteiger partial charge in [-0.3, -0.25) is 0 Å². The number of unbranched alkanes of at least 4 members (excludes halogenated alkanes) is 1. The molecule has 1 heterocycles. The topological polar surface area (TPSA) is 52.1 Å². The average Bonchev–Trinajstić information content (AvgIpc) is 2.97. The molecule has 0 atom stereocenters. The Balaban J connectivity index is 2.00. The lowest BCUT2D eigenvalue weighted by Crippen LogP contribution is -2.03. The summed E-state index contributed by atoms with van der Waals surface area (Å²) in [4.78, 5) is 11.6. The van der Waals surface area contributed by atoms with Crippen molar-refractivity contribution >= 4 is 17.3 Å². The molecule has 0 aliphatic rings. The van der Waals surface area contributed by atoms with Gasteiger partial charge < -0.3 is 4.74 Å². The van der Waals surface area contributed by atoms with Crippen LogP contribution in [0.2, 0.25) is 0 Å². The summed E-state index contributed by atoms with van der Waals surface area (Å²) in [6, 6.07) is 7.32. The molecule has 0 spiro atoms. The minimum Gasteiger partial charge on any atom is -0.423 e. The van der Waals surface area contributed by atoms with Crippen molar-refractivity contribution in [3.8, 4) is 16.3 Å². The number of esters is 1. The number of aryl methyl sites for hydroxylation is 1. The molecule has 5 heteroatoms. The zero-order valence-electron chi connectivity index (χ0n) is 12.2. The molecule has 0 aliphatic carbocycles. The van der Waals surface area contributed by atoms with Gasteiger partial charge in [-0.1, -0.05) is 37.7 Å². The molecular weight excluding hydrogens is 284 g/mol. The van der Waals surface area contributed by atoms with Crippen LogP contribution in [-0.4, -0.2) is 16.2 Å². The molecule has 0 unspecified atom stereocenters. The van der Waals surface area contributed by atoms with E-state index in [9.17, 15) is 4.79 Å². The summed E-state index contributed by atoms with van der Waals surface area (Å²) in [5, 5.41) is 10.1. The second-order valence-corrected chi connectivity index (χ2v) is 5.55. The minimum absolute atomic E-state index is 0.347. The van der Waals surface area contributed by atoms with Gasteiger partial charge >= 0.3 is 5.97 Å². The van der Waals surface area contributed by atoms with E-state index in [1.54, 1.807) is 23.5 Å². The van der Waals surface area contributed by atoms with Crippen molar-refractivity contribution in [2.75, 3.05) is 0 Å². The highest BCUT2D eigenvalue weighted by Crippen LogP contribution is 2.25. The Hall–Kier alpha value is -2.01. The molecule has 0 N–H and O–H groups in total. The van der Waals surface area contributed by atoms with E-state index in [0.717, 1.165) is 34.8 Å². The van der Waals surface area contributed by atoms with E-state index in [0.29, 0.717) is 5.75 Å². The molecule has 0 aliphatic heterocycles. The lowest BCUT2D eigenvalue weighted by Gasteiger charge is -2.02. The number of allylic oxidation sites excluding steroid dienone is 1. The minimum atomic E-state index is -0.347. The summed E-state index contributed by atoms with van der Waals surface area (Å²) in [5.74, 6) is 0.186. The molecule has 0 amide bonds. The first-order valence-electron chi connectivity index (χ1n) is 7.04. The first-order valence-corrected chi connectivity index (χ1v) is 7.85. The summed E-state index contributed by atoms with van der Waals surface area (Å²) >= 11 is 1.58. The molecule has 4 nitrogen and oxygen atoms in total. The fourth-order valence-electron chi connectivity index (χ4n) is 1.68. The number of hydrogen-bond donors (Lipinski definition) is 0. The van der Waals surface area contributed by atoms with E-state index in [1.807, 2.05) is 18.2 Å². The number of carbonyl (C=O) groups is 1. The summed E-state index contributed by atoms with van der Waals surface area (Å²) in [5.41, 5.74) is 0.980. The number of aromatic nitrogens is 2. The zero-order valence-corrected chi connectivity index (χ0v) is 13.0. The molecule has 21 heavy (non-hydrogen) atoms. The molecule has 2 rings (SSSR count). The Morgan fingerprint density at radius 3 is 2.62 bits per heavy atom. The van der Waals surface area contributed by atoms with Crippen LogP contribution in [0.4, 0.5) is 0 Å². The van der Waals surface area contributed by atoms with Gasteiger partial charge in [0.25, 0.3) is 0 Å². The van der Waals surface area contributed by atoms with Crippen LogP contribution >= 0.6 is 11.3 Å². The van der Waals surface area contributed by atoms with Gasteiger partial charge in [0.1, 0.15) is 15.8 Å². The van der Waals surface area contributed by atoms with Gasteiger partial charge in [0, 0.05) is 11.6 Å². The first kappa shape index (κ1) is 15.4. The van der Waals surface area contributed by atoms with Gasteiger partial charge in [-0.2, -0.15) is 0 Å². The van der Waals surface area contributed by atoms with Crippen LogP contribution in [0.5, 0.6) is 5.75 Å². The molecule has 0 saturated carbocycles. The van der Waals surface area contributed by atoms with Crippen molar-refractivity contribution in [1.82, 2.24) is 10.2 Å². The van der Waals surface area contributed by atoms with E-state index < -0.39 is 0 Å². The molecule has 1 aromatic carbocycles. The van der Waals surface area contributed by atoms with Crippen LogP contribution in [0.1, 0.15) is 31.7 Å². The van der Waals surface area contributed by atoms with Crippen molar-refractivity contribution in [1.29, 1.82) is 0 Å². The third kappa shape index (κ3) is 4.49. The molecular formula is C16H18N2O2S. The summed E-state index contributed by atoms with van der Waals surface area (Å²) < 4.78 is 5.22. The average molecular weight is 302 g/mol. The van der Waals surface area contributed by atoms with E-state index in [-0.39, 0.29) is 5.97 Å². The van der Waals surface area contributed by atoms with Crippen LogP contribution in [0.15, 0.2) is 36.4 Å². The van der Waals surface area contributed by atoms with Crippen LogP contribution in [0.25, 0.3) is 10.6 Å². The maximum Gasteiger partial charge on any atom is 0.335 e. The molecule has 110 valence electrons. The lowest BCUT2D eigenvalue weighted by molar-refractivity contribution is -0.129. The van der Waals surface area contributed by atoms with E-state index >= 15 is 0 Å². The fourth-order valence-corrected chi connectivity index (χ4v) is 2.46. The van der Waals surface area contributed by atoms with Crippen LogP contribution in [0, 0.1) is 0 Å². The predicted molar refractivity (Wildman–Crippen MR) is 84.4 cm³/mol. The van der Waals surface area contributed by atoms with Crippen molar-refractivity contribution in [3.63, 3.8) is 0 Å². The van der Waals surface area contributed by atoms with Crippen LogP contribution in [-0.2, 0) is 11.2 Å². The number of carbonyl (C=O) groups excluding carboxylic acids is 1. The van der Waals surface area contributed by atoms with E-state index in [4.69, 9.17) is 4.74 Å². The first-order chi connectivity index (χ1) is 10.2. The van der Waals surface area contributed by atoms with Gasteiger partial charge in [0.05, 0.1) is 0 Å². The Bertz CT molecular complexity index is 617. The Morgan fingerprint density at radius 1 is 1.24 bits per heavy atom. The quantitative estimate of drug-likeness (QED) is 0.459. The molecule has 2 aromatic rings. The van der Waals surface area contributed by atoms with Gasteiger partial charge in [-0.25, -0.2) is 4.79 Å². The van der Waals surface area contributed by atoms with Crippen molar-refractivity contribution in [3.05, 3.63) is 41.4 Å². The third-order valence-corrected chi connectivity index (χ3v) is 3.91. The smallest absolute Gasteiger partial charge is 0.335 e. The largest absolute Gasteiger partial charge is 0.423 e. The highest BCUT2D eigenvalue weighted by atomic mass is 32.1. The lowest BCUT2D eigenvalue weighted by atomic mass is 10.2. The van der Waals surface area contributed by atoms with Gasteiger partial charge in [0.2, 0.25) is 0 Å². The number of rotatable bonds is 6. The molecule has 0 radical (unpaired) electrons. The fraction of sp³-hybridized carbons (Fsp3) is 0.312. The predicted octanol–water partition coefficient (Wildman–Crippen LogP) is 4.03. The molecule has 0 bridgehead atoms. The molecule has 0 fully saturated rings. The molecule has 0 saturated heterocycles. The maximum atomic E-state index is 11.6. The Labute approximate surface area is 128 Å². The SMILES string of the molecule is CCCC=CC(=O)Oc1ccc(-c2nnc(CC)s2)cc1. The van der Waals surface area contributed by atoms with Gasteiger partial charge in [-0.05, 0) is 37.1 Å². The second kappa shape index (κ2) is 7.69. The van der Waals surface area contributed by atoms with Crippen LogP contribution in [0.3, 0.4) is 0 Å². The van der Waals surface area contributed by atoms with Crippen molar-refractivity contribution in [2.45, 2.75) is 33.1 Å². The summed E-state index contributed by atoms with van der Waals surface area (Å²) in [6.45, 7) is 4.12. The van der Waals surface area contributed by atoms with Gasteiger partial charge in [-0.15, -0.1) is 10.2 Å². The number of nitrogens with zero attached hydrogens (tertiary/aromatic N) is 2. The number of hydrogen-bond acceptors (Lipinski definition) is 5. The van der Waals surface area contributed by atoms with Crippen molar-refractivity contribution in [2.24, 2.45) is 0 Å².